The van der Waals surface area contributed by atoms with E-state index in [0.717, 1.165) is 49.5 Å². The summed E-state index contributed by atoms with van der Waals surface area (Å²) >= 11 is 0. The summed E-state index contributed by atoms with van der Waals surface area (Å²) < 4.78 is 12.4. The van der Waals surface area contributed by atoms with Crippen molar-refractivity contribution in [1.82, 2.24) is 0 Å². The van der Waals surface area contributed by atoms with Gasteiger partial charge < -0.3 is 14.6 Å². The Morgan fingerprint density at radius 3 is 2.40 bits per heavy atom. The molecule has 2 unspecified atom stereocenters. The summed E-state index contributed by atoms with van der Waals surface area (Å²) in [5, 5.41) is 11.7. The molecule has 4 saturated carbocycles. The summed E-state index contributed by atoms with van der Waals surface area (Å²) in [6, 6.07) is 0. The molecule has 5 rings (SSSR count). The molecule has 1 N–H and O–H groups in total. The fourth-order valence-electron chi connectivity index (χ4n) is 10.4. The normalized spacial score (nSPS) is 48.8. The average Bonchev–Trinajstić information content (AvgIpc) is 3.17. The molecule has 3 heteroatoms. The van der Waals surface area contributed by atoms with Crippen molar-refractivity contribution in [3.05, 3.63) is 0 Å². The largest absolute Gasteiger partial charge is 0.393 e. The maximum atomic E-state index is 11.7. The van der Waals surface area contributed by atoms with Crippen LogP contribution in [0.3, 0.4) is 0 Å². The number of fused-ring (bicyclic) bond motifs is 5. The van der Waals surface area contributed by atoms with Gasteiger partial charge >= 0.3 is 0 Å². The minimum Gasteiger partial charge on any atom is -0.393 e. The van der Waals surface area contributed by atoms with Crippen LogP contribution in [0.5, 0.6) is 0 Å². The number of ether oxygens (including phenoxy) is 2. The van der Waals surface area contributed by atoms with E-state index in [4.69, 9.17) is 9.47 Å². The van der Waals surface area contributed by atoms with Crippen molar-refractivity contribution in [2.45, 2.75) is 143 Å². The quantitative estimate of drug-likeness (QED) is 0.369. The summed E-state index contributed by atoms with van der Waals surface area (Å²) in [7, 11) is 0. The third kappa shape index (κ3) is 5.01. The summed E-state index contributed by atoms with van der Waals surface area (Å²) in [4.78, 5) is 0. The van der Waals surface area contributed by atoms with Crippen LogP contribution in [-0.4, -0.2) is 30.2 Å². The molecule has 35 heavy (non-hydrogen) atoms. The molecule has 1 saturated heterocycles. The Kier molecular flexibility index (Phi) is 7.99. The lowest BCUT2D eigenvalue weighted by Crippen LogP contribution is -2.59. The highest BCUT2D eigenvalue weighted by molar-refractivity contribution is 5.11. The van der Waals surface area contributed by atoms with Gasteiger partial charge in [0.05, 0.1) is 12.2 Å². The van der Waals surface area contributed by atoms with Crippen LogP contribution in [0.4, 0.5) is 0 Å². The Bertz CT molecular complexity index is 701. The van der Waals surface area contributed by atoms with E-state index >= 15 is 0 Å². The van der Waals surface area contributed by atoms with Gasteiger partial charge in [-0.25, -0.2) is 0 Å². The van der Waals surface area contributed by atoms with E-state index in [0.29, 0.717) is 34.7 Å². The van der Waals surface area contributed by atoms with Crippen molar-refractivity contribution in [3.63, 3.8) is 0 Å². The monoisotopic (exact) mass is 488 g/mol. The fraction of sp³-hybridized carbons (Fsp3) is 1.00. The third-order valence-corrected chi connectivity index (χ3v) is 12.3. The Hall–Kier alpha value is -0.120. The van der Waals surface area contributed by atoms with Crippen molar-refractivity contribution >= 4 is 0 Å². The van der Waals surface area contributed by atoms with Gasteiger partial charge in [0.25, 0.3) is 0 Å². The molecule has 1 heterocycles. The highest BCUT2D eigenvalue weighted by atomic mass is 16.7. The Morgan fingerprint density at radius 1 is 0.886 bits per heavy atom. The highest BCUT2D eigenvalue weighted by Gasteiger charge is 2.63. The zero-order chi connectivity index (χ0) is 24.8. The van der Waals surface area contributed by atoms with Crippen molar-refractivity contribution in [1.29, 1.82) is 0 Å². The van der Waals surface area contributed by atoms with E-state index < -0.39 is 0 Å². The molecular weight excluding hydrogens is 432 g/mol. The second-order valence-electron chi connectivity index (χ2n) is 14.7. The van der Waals surface area contributed by atoms with Crippen LogP contribution in [0.15, 0.2) is 0 Å². The van der Waals surface area contributed by atoms with Crippen LogP contribution in [0.1, 0.15) is 125 Å². The zero-order valence-electron chi connectivity index (χ0n) is 23.6. The van der Waals surface area contributed by atoms with E-state index in [1.165, 1.54) is 70.6 Å². The van der Waals surface area contributed by atoms with Crippen molar-refractivity contribution in [2.75, 3.05) is 6.61 Å². The lowest BCUT2D eigenvalue weighted by atomic mass is 9.43. The molecule has 11 atom stereocenters. The first kappa shape index (κ1) is 26.5. The van der Waals surface area contributed by atoms with Gasteiger partial charge in [0.1, 0.15) is 0 Å². The van der Waals surface area contributed by atoms with Crippen molar-refractivity contribution in [3.8, 4) is 0 Å². The van der Waals surface area contributed by atoms with Crippen LogP contribution in [-0.2, 0) is 9.47 Å². The molecule has 0 aromatic heterocycles. The molecule has 4 aliphatic carbocycles. The van der Waals surface area contributed by atoms with Gasteiger partial charge in [-0.05, 0) is 123 Å². The maximum absolute atomic E-state index is 11.7. The van der Waals surface area contributed by atoms with E-state index in [2.05, 4.69) is 34.6 Å². The molecule has 1 aliphatic heterocycles. The smallest absolute Gasteiger partial charge is 0.157 e. The number of aliphatic hydroxyl groups is 1. The van der Waals surface area contributed by atoms with Gasteiger partial charge in [-0.15, -0.1) is 0 Å². The summed E-state index contributed by atoms with van der Waals surface area (Å²) in [6.45, 7) is 13.4. The molecule has 0 bridgehead atoms. The van der Waals surface area contributed by atoms with Crippen LogP contribution in [0, 0.1) is 52.3 Å². The van der Waals surface area contributed by atoms with Gasteiger partial charge in [-0.3, -0.25) is 0 Å². The average molecular weight is 489 g/mol. The first-order chi connectivity index (χ1) is 16.7. The molecular formula is C32H56O3. The Labute approximate surface area is 216 Å². The summed E-state index contributed by atoms with van der Waals surface area (Å²) in [5.41, 5.74) is 0.834. The van der Waals surface area contributed by atoms with Gasteiger partial charge in [0, 0.05) is 6.61 Å². The SMILES string of the molecule is CC(C)CCC[C@@H](C)[C@H]1CC[C@H]2[C@@H]3[C@H](O)CC4C[C@@H](OC5CCCCO5)CC[C@]4(C)[C@H]3CC[C@]12C. The fourth-order valence-corrected chi connectivity index (χ4v) is 10.4. The lowest BCUT2D eigenvalue weighted by Gasteiger charge is -2.62. The van der Waals surface area contributed by atoms with Gasteiger partial charge in [-0.1, -0.05) is 53.9 Å². The summed E-state index contributed by atoms with van der Waals surface area (Å²) in [6.07, 6.45) is 18.0. The van der Waals surface area contributed by atoms with Gasteiger partial charge in [-0.2, -0.15) is 0 Å². The van der Waals surface area contributed by atoms with Crippen LogP contribution < -0.4 is 0 Å². The number of rotatable bonds is 7. The molecule has 202 valence electrons. The molecule has 0 aromatic rings. The molecule has 0 aromatic carbocycles. The molecule has 0 amide bonds. The Balaban J connectivity index is 1.25. The predicted octanol–water partition coefficient (Wildman–Crippen LogP) is 7.99. The molecule has 5 aliphatic rings. The van der Waals surface area contributed by atoms with Gasteiger partial charge in [0.15, 0.2) is 6.29 Å². The minimum atomic E-state index is -0.109. The van der Waals surface area contributed by atoms with E-state index in [1.807, 2.05) is 0 Å². The maximum Gasteiger partial charge on any atom is 0.157 e. The second-order valence-corrected chi connectivity index (χ2v) is 14.7. The zero-order valence-corrected chi connectivity index (χ0v) is 23.6. The van der Waals surface area contributed by atoms with Crippen LogP contribution >= 0.6 is 0 Å². The van der Waals surface area contributed by atoms with E-state index in [9.17, 15) is 5.11 Å². The molecule has 3 nitrogen and oxygen atoms in total. The first-order valence-electron chi connectivity index (χ1n) is 15.7. The van der Waals surface area contributed by atoms with Crippen molar-refractivity contribution < 1.29 is 14.6 Å². The number of hydrogen-bond donors (Lipinski definition) is 1. The van der Waals surface area contributed by atoms with Crippen LogP contribution in [0.25, 0.3) is 0 Å². The highest BCUT2D eigenvalue weighted by Crippen LogP contribution is 2.68. The molecule has 0 spiro atoms. The minimum absolute atomic E-state index is 0.0210. The predicted molar refractivity (Wildman–Crippen MR) is 143 cm³/mol. The molecule has 5 fully saturated rings. The second kappa shape index (κ2) is 10.6. The Morgan fingerprint density at radius 2 is 1.66 bits per heavy atom. The van der Waals surface area contributed by atoms with Crippen molar-refractivity contribution in [2.24, 2.45) is 52.3 Å². The van der Waals surface area contributed by atoms with Gasteiger partial charge in [0.2, 0.25) is 0 Å². The van der Waals surface area contributed by atoms with E-state index in [1.54, 1.807) is 0 Å². The number of aliphatic hydroxyl groups excluding tert-OH is 1. The van der Waals surface area contributed by atoms with E-state index in [-0.39, 0.29) is 12.4 Å². The first-order valence-corrected chi connectivity index (χ1v) is 15.7. The van der Waals surface area contributed by atoms with Crippen LogP contribution in [0.2, 0.25) is 0 Å². The topological polar surface area (TPSA) is 38.7 Å². The number of hydrogen-bond acceptors (Lipinski definition) is 3. The molecule has 0 radical (unpaired) electrons. The third-order valence-electron chi connectivity index (χ3n) is 12.3. The summed E-state index contributed by atoms with van der Waals surface area (Å²) in [5.74, 6) is 5.09. The standard InChI is InChI=1S/C32H56O3/c1-21(2)9-8-10-22(3)25-12-13-26-30-27(15-17-32(25,26)5)31(4)16-14-24(19-23(31)20-28(30)33)35-29-11-6-7-18-34-29/h21-30,33H,6-20H2,1-5H3/t22-,23?,24+,25-,26+,27+,28-,29?,30+,31+,32-/m1/s1. The lowest BCUT2D eigenvalue weighted by molar-refractivity contribution is -0.221.